The molecule has 0 saturated carbocycles. The first kappa shape index (κ1) is 12.8. The van der Waals surface area contributed by atoms with Gasteiger partial charge >= 0.3 is 0 Å². The molecule has 4 nitrogen and oxygen atoms in total. The SMILES string of the molecule is CCCCCc1nnc(N2CC(S)CC2=O)s1. The molecule has 1 aliphatic rings. The lowest BCUT2D eigenvalue weighted by Crippen LogP contribution is -2.24. The van der Waals surface area contributed by atoms with Gasteiger partial charge in [-0.05, 0) is 6.42 Å². The molecule has 0 radical (unpaired) electrons. The van der Waals surface area contributed by atoms with Crippen molar-refractivity contribution in [2.24, 2.45) is 0 Å². The van der Waals surface area contributed by atoms with E-state index in [1.807, 2.05) is 0 Å². The van der Waals surface area contributed by atoms with E-state index in [0.717, 1.165) is 23.0 Å². The standard InChI is InChI=1S/C11H17N3OS2/c1-2-3-4-5-9-12-13-11(17-9)14-7-8(16)6-10(14)15/h8,16H,2-7H2,1H3. The van der Waals surface area contributed by atoms with E-state index in [2.05, 4.69) is 29.7 Å². The van der Waals surface area contributed by atoms with E-state index in [1.165, 1.54) is 24.2 Å². The molecular formula is C11H17N3OS2. The van der Waals surface area contributed by atoms with Crippen LogP contribution in [0.1, 0.15) is 37.6 Å². The summed E-state index contributed by atoms with van der Waals surface area (Å²) in [7, 11) is 0. The molecule has 1 unspecified atom stereocenters. The second kappa shape index (κ2) is 5.82. The lowest BCUT2D eigenvalue weighted by Gasteiger charge is -2.09. The van der Waals surface area contributed by atoms with E-state index in [9.17, 15) is 4.79 Å². The van der Waals surface area contributed by atoms with Crippen molar-refractivity contribution in [3.8, 4) is 0 Å². The van der Waals surface area contributed by atoms with Crippen LogP contribution in [0.5, 0.6) is 0 Å². The fourth-order valence-electron chi connectivity index (χ4n) is 1.85. The average Bonchev–Trinajstić information content (AvgIpc) is 2.86. The first-order valence-electron chi connectivity index (χ1n) is 6.01. The van der Waals surface area contributed by atoms with Gasteiger partial charge in [-0.1, -0.05) is 31.1 Å². The van der Waals surface area contributed by atoms with Gasteiger partial charge in [0.25, 0.3) is 0 Å². The monoisotopic (exact) mass is 271 g/mol. The zero-order valence-electron chi connectivity index (χ0n) is 9.93. The number of nitrogens with zero attached hydrogens (tertiary/aromatic N) is 3. The molecule has 1 aromatic rings. The van der Waals surface area contributed by atoms with Crippen molar-refractivity contribution < 1.29 is 4.79 Å². The molecule has 17 heavy (non-hydrogen) atoms. The zero-order chi connectivity index (χ0) is 12.3. The van der Waals surface area contributed by atoms with E-state index < -0.39 is 0 Å². The van der Waals surface area contributed by atoms with Crippen LogP contribution >= 0.6 is 24.0 Å². The molecule has 0 spiro atoms. The summed E-state index contributed by atoms with van der Waals surface area (Å²) in [5.74, 6) is 0.112. The molecule has 0 aliphatic carbocycles. The number of hydrogen-bond donors (Lipinski definition) is 1. The fourth-order valence-corrected chi connectivity index (χ4v) is 3.08. The van der Waals surface area contributed by atoms with E-state index >= 15 is 0 Å². The Bertz CT molecular complexity index is 394. The molecule has 1 aliphatic heterocycles. The summed E-state index contributed by atoms with van der Waals surface area (Å²) in [5.41, 5.74) is 0. The number of hydrogen-bond acceptors (Lipinski definition) is 5. The van der Waals surface area contributed by atoms with Crippen molar-refractivity contribution in [3.05, 3.63) is 5.01 Å². The van der Waals surface area contributed by atoms with Crippen molar-refractivity contribution in [1.29, 1.82) is 0 Å². The minimum absolute atomic E-state index is 0.112. The Morgan fingerprint density at radius 2 is 2.29 bits per heavy atom. The van der Waals surface area contributed by atoms with Gasteiger partial charge < -0.3 is 0 Å². The van der Waals surface area contributed by atoms with Crippen LogP contribution in [0.15, 0.2) is 0 Å². The Morgan fingerprint density at radius 1 is 1.47 bits per heavy atom. The van der Waals surface area contributed by atoms with Crippen molar-refractivity contribution in [1.82, 2.24) is 10.2 Å². The largest absolute Gasteiger partial charge is 0.286 e. The third kappa shape index (κ3) is 3.19. The van der Waals surface area contributed by atoms with Crippen LogP contribution in [0.25, 0.3) is 0 Å². The minimum Gasteiger partial charge on any atom is -0.286 e. The molecule has 0 N–H and O–H groups in total. The van der Waals surface area contributed by atoms with E-state index in [-0.39, 0.29) is 11.2 Å². The summed E-state index contributed by atoms with van der Waals surface area (Å²) in [6, 6.07) is 0. The number of thiol groups is 1. The molecule has 0 bridgehead atoms. The molecule has 1 saturated heterocycles. The molecule has 94 valence electrons. The number of aromatic nitrogens is 2. The molecule has 0 aromatic carbocycles. The van der Waals surface area contributed by atoms with Gasteiger partial charge in [-0.3, -0.25) is 9.69 Å². The smallest absolute Gasteiger partial charge is 0.230 e. The summed E-state index contributed by atoms with van der Waals surface area (Å²) in [6.07, 6.45) is 5.05. The maximum atomic E-state index is 11.7. The molecule has 2 rings (SSSR count). The van der Waals surface area contributed by atoms with E-state index in [4.69, 9.17) is 0 Å². The highest BCUT2D eigenvalue weighted by Crippen LogP contribution is 2.27. The predicted octanol–water partition coefficient (Wildman–Crippen LogP) is 2.31. The highest BCUT2D eigenvalue weighted by atomic mass is 32.1. The molecule has 1 amide bonds. The first-order valence-corrected chi connectivity index (χ1v) is 7.34. The number of carbonyl (C=O) groups excluding carboxylic acids is 1. The fraction of sp³-hybridized carbons (Fsp3) is 0.727. The normalized spacial score (nSPS) is 20.2. The number of anilines is 1. The molecule has 6 heteroatoms. The van der Waals surface area contributed by atoms with Gasteiger partial charge in [-0.15, -0.1) is 10.2 Å². The van der Waals surface area contributed by atoms with Crippen molar-refractivity contribution in [3.63, 3.8) is 0 Å². The Kier molecular flexibility index (Phi) is 4.39. The highest BCUT2D eigenvalue weighted by molar-refractivity contribution is 7.81. The van der Waals surface area contributed by atoms with Gasteiger partial charge in [0, 0.05) is 24.6 Å². The maximum Gasteiger partial charge on any atom is 0.230 e. The van der Waals surface area contributed by atoms with E-state index in [1.54, 1.807) is 4.90 Å². The third-order valence-electron chi connectivity index (χ3n) is 2.79. The van der Waals surface area contributed by atoms with Crippen LogP contribution in [0, 0.1) is 0 Å². The van der Waals surface area contributed by atoms with Crippen LogP contribution in [0.2, 0.25) is 0 Å². The molecule has 1 fully saturated rings. The molecular weight excluding hydrogens is 254 g/mol. The summed E-state index contributed by atoms with van der Waals surface area (Å²) in [6.45, 7) is 2.84. The second-order valence-corrected chi connectivity index (χ2v) is 6.07. The molecule has 1 atom stereocenters. The summed E-state index contributed by atoms with van der Waals surface area (Å²) >= 11 is 5.87. The van der Waals surface area contributed by atoms with Gasteiger partial charge in [0.05, 0.1) is 0 Å². The summed E-state index contributed by atoms with van der Waals surface area (Å²) < 4.78 is 0. The number of aryl methyl sites for hydroxylation is 1. The minimum atomic E-state index is 0.112. The van der Waals surface area contributed by atoms with Crippen LogP contribution in [-0.4, -0.2) is 27.9 Å². The van der Waals surface area contributed by atoms with Crippen molar-refractivity contribution in [2.75, 3.05) is 11.4 Å². The quantitative estimate of drug-likeness (QED) is 0.660. The first-order chi connectivity index (χ1) is 8.20. The number of rotatable bonds is 5. The zero-order valence-corrected chi connectivity index (χ0v) is 11.6. The van der Waals surface area contributed by atoms with Crippen LogP contribution in [-0.2, 0) is 11.2 Å². The number of carbonyl (C=O) groups is 1. The van der Waals surface area contributed by atoms with E-state index in [0.29, 0.717) is 13.0 Å². The lowest BCUT2D eigenvalue weighted by atomic mass is 10.2. The maximum absolute atomic E-state index is 11.7. The van der Waals surface area contributed by atoms with Crippen LogP contribution < -0.4 is 4.90 Å². The Labute approximate surface area is 111 Å². The van der Waals surface area contributed by atoms with Gasteiger partial charge in [0.2, 0.25) is 11.0 Å². The van der Waals surface area contributed by atoms with Crippen LogP contribution in [0.3, 0.4) is 0 Å². The Balaban J connectivity index is 1.96. The number of amides is 1. The Hall–Kier alpha value is -0.620. The Morgan fingerprint density at radius 3 is 2.94 bits per heavy atom. The lowest BCUT2D eigenvalue weighted by molar-refractivity contribution is -0.117. The van der Waals surface area contributed by atoms with Gasteiger partial charge in [-0.25, -0.2) is 0 Å². The van der Waals surface area contributed by atoms with Gasteiger partial charge in [-0.2, -0.15) is 12.6 Å². The summed E-state index contributed by atoms with van der Waals surface area (Å²) in [4.78, 5) is 13.4. The average molecular weight is 271 g/mol. The highest BCUT2D eigenvalue weighted by Gasteiger charge is 2.30. The van der Waals surface area contributed by atoms with Crippen molar-refractivity contribution in [2.45, 2.75) is 44.3 Å². The molecule has 2 heterocycles. The number of unbranched alkanes of at least 4 members (excludes halogenated alkanes) is 2. The predicted molar refractivity (Wildman–Crippen MR) is 72.9 cm³/mol. The molecule has 1 aromatic heterocycles. The van der Waals surface area contributed by atoms with Crippen LogP contribution in [0.4, 0.5) is 5.13 Å². The topological polar surface area (TPSA) is 46.1 Å². The van der Waals surface area contributed by atoms with Crippen molar-refractivity contribution >= 4 is 35.0 Å². The second-order valence-electron chi connectivity index (χ2n) is 4.30. The van der Waals surface area contributed by atoms with Gasteiger partial charge in [0.1, 0.15) is 5.01 Å². The third-order valence-corrected chi connectivity index (χ3v) is 4.14. The summed E-state index contributed by atoms with van der Waals surface area (Å²) in [5, 5.41) is 10.1. The van der Waals surface area contributed by atoms with Gasteiger partial charge in [0.15, 0.2) is 0 Å².